The Morgan fingerprint density at radius 2 is 1.12 bits per heavy atom. The van der Waals surface area contributed by atoms with Crippen LogP contribution >= 0.6 is 0 Å². The molecule has 6 nitrogen and oxygen atoms in total. The smallest absolute Gasteiger partial charge is 0.347 e. The number of benzene rings is 1. The number of ether oxygens (including phenoxy) is 2. The van der Waals surface area contributed by atoms with Gasteiger partial charge in [0, 0.05) is 0 Å². The van der Waals surface area contributed by atoms with E-state index in [0.29, 0.717) is 36.8 Å². The van der Waals surface area contributed by atoms with Crippen molar-refractivity contribution < 1.29 is 28.7 Å². The number of fused-ring (bicyclic) bond motifs is 4. The standard InChI is InChI=1S/C20H14O6/c21-17-13-9-1-2-10(14(13)18(22)25-17)7-8-12-4-3-11(6-5-9)15-16(12)20(24)26-19(15)23/h1-4,13-14H,5-8H2/t13-,14?/m1/s1. The number of esters is 4. The first-order valence-electron chi connectivity index (χ1n) is 8.61. The minimum absolute atomic E-state index is 0.347. The maximum Gasteiger partial charge on any atom is 0.347 e. The summed E-state index contributed by atoms with van der Waals surface area (Å²) in [5.74, 6) is -3.34. The fourth-order valence-electron chi connectivity index (χ4n) is 4.44. The van der Waals surface area contributed by atoms with Crippen molar-refractivity contribution in [3.05, 3.63) is 57.7 Å². The molecule has 0 N–H and O–H groups in total. The first-order chi connectivity index (χ1) is 12.5. The van der Waals surface area contributed by atoms with Gasteiger partial charge in [0.2, 0.25) is 0 Å². The second-order valence-electron chi connectivity index (χ2n) is 6.99. The Labute approximate surface area is 148 Å². The van der Waals surface area contributed by atoms with Crippen molar-refractivity contribution in [2.45, 2.75) is 25.7 Å². The minimum Gasteiger partial charge on any atom is -0.392 e. The van der Waals surface area contributed by atoms with E-state index in [2.05, 4.69) is 0 Å². The van der Waals surface area contributed by atoms with Crippen molar-refractivity contribution >= 4 is 23.9 Å². The maximum absolute atomic E-state index is 12.2. The van der Waals surface area contributed by atoms with Crippen LogP contribution < -0.4 is 0 Å². The zero-order chi connectivity index (χ0) is 18.0. The van der Waals surface area contributed by atoms with Gasteiger partial charge in [0.15, 0.2) is 0 Å². The van der Waals surface area contributed by atoms with E-state index >= 15 is 0 Å². The Kier molecular flexibility index (Phi) is 3.07. The van der Waals surface area contributed by atoms with Crippen molar-refractivity contribution in [3.63, 3.8) is 0 Å². The van der Waals surface area contributed by atoms with Gasteiger partial charge in [-0.3, -0.25) is 9.59 Å². The molecule has 0 saturated carbocycles. The number of hydrogen-bond acceptors (Lipinski definition) is 6. The molecule has 0 aromatic heterocycles. The van der Waals surface area contributed by atoms with Crippen molar-refractivity contribution in [2.24, 2.45) is 11.8 Å². The second kappa shape index (κ2) is 5.24. The SMILES string of the molecule is O=C1OC(=O)c2c3ccc(c21)CCC1=CC=C(CC3)[C@H]2C(=O)OC(=O)C12. The number of hydrogen-bond donors (Lipinski definition) is 0. The van der Waals surface area contributed by atoms with Gasteiger partial charge in [-0.2, -0.15) is 0 Å². The lowest BCUT2D eigenvalue weighted by Crippen LogP contribution is -2.25. The fourth-order valence-corrected chi connectivity index (χ4v) is 4.44. The van der Waals surface area contributed by atoms with Crippen LogP contribution in [0.2, 0.25) is 0 Å². The molecule has 1 unspecified atom stereocenters. The summed E-state index contributed by atoms with van der Waals surface area (Å²) < 4.78 is 9.73. The molecule has 1 aromatic rings. The molecule has 0 amide bonds. The van der Waals surface area contributed by atoms with Gasteiger partial charge in [0.1, 0.15) is 0 Å². The van der Waals surface area contributed by atoms with Gasteiger partial charge in [-0.25, -0.2) is 9.59 Å². The molecule has 6 rings (SSSR count). The molecule has 0 spiro atoms. The predicted molar refractivity (Wildman–Crippen MR) is 87.1 cm³/mol. The van der Waals surface area contributed by atoms with Crippen molar-refractivity contribution in [1.29, 1.82) is 0 Å². The van der Waals surface area contributed by atoms with E-state index in [1.54, 1.807) is 0 Å². The van der Waals surface area contributed by atoms with Gasteiger partial charge in [0.05, 0.1) is 23.0 Å². The topological polar surface area (TPSA) is 86.7 Å². The number of carbonyl (C=O) groups is 4. The predicted octanol–water partition coefficient (Wildman–Crippen LogP) is 2.06. The normalized spacial score (nSPS) is 26.5. The Hall–Kier alpha value is -3.02. The fraction of sp³-hybridized carbons (Fsp3) is 0.300. The molecule has 0 radical (unpaired) electrons. The number of carbonyl (C=O) groups excluding carboxylic acids is 4. The second-order valence-corrected chi connectivity index (χ2v) is 6.99. The molecule has 2 atom stereocenters. The molecule has 2 heterocycles. The van der Waals surface area contributed by atoms with Gasteiger partial charge < -0.3 is 9.47 Å². The third-order valence-corrected chi connectivity index (χ3v) is 5.69. The van der Waals surface area contributed by atoms with Gasteiger partial charge in [-0.05, 0) is 36.8 Å². The zero-order valence-corrected chi connectivity index (χ0v) is 13.7. The molecule has 130 valence electrons. The lowest BCUT2D eigenvalue weighted by atomic mass is 9.74. The number of rotatable bonds is 0. The van der Waals surface area contributed by atoms with Crippen LogP contribution in [0.25, 0.3) is 0 Å². The molecule has 3 aliphatic carbocycles. The van der Waals surface area contributed by atoms with Crippen LogP contribution in [0.1, 0.15) is 44.7 Å². The van der Waals surface area contributed by atoms with Crippen LogP contribution in [-0.4, -0.2) is 23.9 Å². The molecule has 2 aliphatic heterocycles. The summed E-state index contributed by atoms with van der Waals surface area (Å²) in [5, 5.41) is 0. The molecule has 1 saturated heterocycles. The highest BCUT2D eigenvalue weighted by atomic mass is 16.6. The van der Waals surface area contributed by atoms with Crippen molar-refractivity contribution in [3.8, 4) is 0 Å². The first kappa shape index (κ1) is 15.3. The lowest BCUT2D eigenvalue weighted by molar-refractivity contribution is -0.153. The van der Waals surface area contributed by atoms with Crippen LogP contribution in [-0.2, 0) is 31.9 Å². The summed E-state index contributed by atoms with van der Waals surface area (Å²) in [7, 11) is 0. The first-order valence-corrected chi connectivity index (χ1v) is 8.61. The number of allylic oxidation sites excluding steroid dienone is 2. The molecule has 6 heteroatoms. The highest BCUT2D eigenvalue weighted by Gasteiger charge is 2.49. The maximum atomic E-state index is 12.2. The molecule has 4 bridgehead atoms. The molecule has 26 heavy (non-hydrogen) atoms. The van der Waals surface area contributed by atoms with Crippen LogP contribution in [0.3, 0.4) is 0 Å². The van der Waals surface area contributed by atoms with Crippen LogP contribution in [0.15, 0.2) is 35.4 Å². The van der Waals surface area contributed by atoms with Gasteiger partial charge in [-0.1, -0.05) is 35.4 Å². The summed E-state index contributed by atoms with van der Waals surface area (Å²) in [6.07, 6.45) is 5.75. The summed E-state index contributed by atoms with van der Waals surface area (Å²) >= 11 is 0. The molecule has 5 aliphatic rings. The van der Waals surface area contributed by atoms with Gasteiger partial charge >= 0.3 is 23.9 Å². The monoisotopic (exact) mass is 350 g/mol. The Morgan fingerprint density at radius 1 is 0.654 bits per heavy atom. The third kappa shape index (κ3) is 1.98. The van der Waals surface area contributed by atoms with E-state index < -0.39 is 35.7 Å². The number of cyclic esters (lactones) is 4. The summed E-state index contributed by atoms with van der Waals surface area (Å²) in [4.78, 5) is 48.7. The Morgan fingerprint density at radius 3 is 1.58 bits per heavy atom. The summed E-state index contributed by atoms with van der Waals surface area (Å²) in [6.45, 7) is 0. The Balaban J connectivity index is 1.64. The summed E-state index contributed by atoms with van der Waals surface area (Å²) in [5.41, 5.74) is 3.80. The third-order valence-electron chi connectivity index (χ3n) is 5.69. The summed E-state index contributed by atoms with van der Waals surface area (Å²) in [6, 6.07) is 3.71. The van der Waals surface area contributed by atoms with Crippen LogP contribution in [0.4, 0.5) is 0 Å². The minimum atomic E-state index is -0.606. The van der Waals surface area contributed by atoms with E-state index in [1.165, 1.54) is 0 Å². The van der Waals surface area contributed by atoms with E-state index in [1.807, 2.05) is 24.3 Å². The lowest BCUT2D eigenvalue weighted by Gasteiger charge is -2.25. The average molecular weight is 350 g/mol. The largest absolute Gasteiger partial charge is 0.392 e. The van der Waals surface area contributed by atoms with Crippen LogP contribution in [0, 0.1) is 11.8 Å². The molecule has 1 fully saturated rings. The van der Waals surface area contributed by atoms with E-state index in [0.717, 1.165) is 22.3 Å². The quantitative estimate of drug-likeness (QED) is 0.526. The molecular formula is C20H14O6. The highest BCUT2D eigenvalue weighted by molar-refractivity contribution is 6.16. The van der Waals surface area contributed by atoms with Crippen molar-refractivity contribution in [1.82, 2.24) is 0 Å². The van der Waals surface area contributed by atoms with Crippen LogP contribution in [0.5, 0.6) is 0 Å². The molecular weight excluding hydrogens is 336 g/mol. The van der Waals surface area contributed by atoms with Gasteiger partial charge in [0.25, 0.3) is 0 Å². The van der Waals surface area contributed by atoms with E-state index in [-0.39, 0.29) is 0 Å². The van der Waals surface area contributed by atoms with E-state index in [9.17, 15) is 19.2 Å². The van der Waals surface area contributed by atoms with Crippen molar-refractivity contribution in [2.75, 3.05) is 0 Å². The average Bonchev–Trinajstić information content (AvgIpc) is 3.07. The zero-order valence-electron chi connectivity index (χ0n) is 13.7. The van der Waals surface area contributed by atoms with Gasteiger partial charge in [-0.15, -0.1) is 0 Å². The van der Waals surface area contributed by atoms with E-state index in [4.69, 9.17) is 9.47 Å². The Bertz CT molecular complexity index is 903. The highest BCUT2D eigenvalue weighted by Crippen LogP contribution is 2.42. The number of aryl methyl sites for hydroxylation is 2. The molecule has 1 aromatic carbocycles.